The summed E-state index contributed by atoms with van der Waals surface area (Å²) in [5.41, 5.74) is 10.0. The summed E-state index contributed by atoms with van der Waals surface area (Å²) in [4.78, 5) is 6.31. The molecular weight excluding hydrogens is 840 g/mol. The van der Waals surface area contributed by atoms with E-state index in [1.165, 1.54) is 69.0 Å². The first-order chi connectivity index (χ1) is 28.7. The van der Waals surface area contributed by atoms with Crippen molar-refractivity contribution < 1.29 is 17.3 Å². The second-order valence-electron chi connectivity index (χ2n) is 13.2. The third-order valence-electron chi connectivity index (χ3n) is 9.05. The topological polar surface area (TPSA) is 25.8 Å². The molecule has 0 fully saturated rings. The van der Waals surface area contributed by atoms with Gasteiger partial charge in [-0.25, -0.2) is 0 Å². The number of benzene rings is 4. The number of allylic oxidation sites excluding steroid dienone is 8. The van der Waals surface area contributed by atoms with Crippen molar-refractivity contribution in [2.75, 3.05) is 6.26 Å². The summed E-state index contributed by atoms with van der Waals surface area (Å²) in [5, 5.41) is 9.02. The fourth-order valence-corrected chi connectivity index (χ4v) is 11.3. The van der Waals surface area contributed by atoms with E-state index in [2.05, 4.69) is 186 Å². The minimum absolute atomic E-state index is 0.978. The Morgan fingerprint density at radius 2 is 1.12 bits per heavy atom. The van der Waals surface area contributed by atoms with Crippen molar-refractivity contribution in [3.8, 4) is 20.9 Å². The molecule has 2 nitrogen and oxygen atoms in total. The second kappa shape index (κ2) is 20.5. The predicted molar refractivity (Wildman–Crippen MR) is 250 cm³/mol. The second-order valence-corrected chi connectivity index (χ2v) is 18.7. The molecule has 8 rings (SSSR count). The van der Waals surface area contributed by atoms with Crippen molar-refractivity contribution in [1.29, 1.82) is 0 Å². The van der Waals surface area contributed by atoms with Crippen LogP contribution in [0.2, 0.25) is 0 Å². The first kappa shape index (κ1) is 42.4. The van der Waals surface area contributed by atoms with E-state index in [-0.39, 0.29) is 0 Å². The third kappa shape index (κ3) is 12.4. The molecule has 0 saturated carbocycles. The van der Waals surface area contributed by atoms with E-state index in [9.17, 15) is 17.3 Å². The highest BCUT2D eigenvalue weighted by Gasteiger charge is 2.22. The van der Waals surface area contributed by atoms with Gasteiger partial charge in [0.1, 0.15) is 0 Å². The van der Waals surface area contributed by atoms with Gasteiger partial charge in [0.25, 0.3) is 0 Å². The van der Waals surface area contributed by atoms with E-state index >= 15 is 0 Å². The third-order valence-corrected chi connectivity index (χ3v) is 14.5. The van der Waals surface area contributed by atoms with E-state index in [0.29, 0.717) is 0 Å². The van der Waals surface area contributed by atoms with Gasteiger partial charge >= 0.3 is 7.25 Å². The van der Waals surface area contributed by atoms with Gasteiger partial charge in [-0.15, -0.1) is 10.2 Å². The average molecular weight is 877 g/mol. The minimum Gasteiger partial charge on any atom is -0.418 e. The number of hydrogen-bond donors (Lipinski definition) is 0. The van der Waals surface area contributed by atoms with E-state index in [1.807, 2.05) is 23.1 Å². The van der Waals surface area contributed by atoms with Crippen LogP contribution >= 0.6 is 58.0 Å². The molecule has 0 radical (unpaired) electrons. The molecule has 0 N–H and O–H groups in total. The van der Waals surface area contributed by atoms with Crippen LogP contribution in [0.15, 0.2) is 194 Å². The van der Waals surface area contributed by atoms with Crippen LogP contribution in [0, 0.1) is 0 Å². The standard InChI is InChI=1S/C47H37N2S5.BF4/c1-50-46-48-49-47(54-46)53-45-39(27-25-33-29-41(35-15-6-2-7-16-35)51-42(30-33)36-17-8-3-9-18-36)23-14-24-40(45)28-26-34-31-43(37-19-10-4-11-20-37)52-44(32-34)38-21-12-5-13-22-38;2-1(3,4)5/h2-13,15-22,25-32H,14,23-24H2,1H3;/q+1;-1. The molecule has 2 aromatic heterocycles. The van der Waals surface area contributed by atoms with Crippen LogP contribution in [0.5, 0.6) is 0 Å². The summed E-state index contributed by atoms with van der Waals surface area (Å²) in [5.74, 6) is 0. The van der Waals surface area contributed by atoms with Gasteiger partial charge in [-0.3, -0.25) is 0 Å². The smallest absolute Gasteiger partial charge is 0.418 e. The van der Waals surface area contributed by atoms with E-state index in [1.54, 1.807) is 34.9 Å². The number of nitrogens with zero attached hydrogens (tertiary/aromatic N) is 2. The zero-order chi connectivity index (χ0) is 41.0. The first-order valence-electron chi connectivity index (χ1n) is 18.7. The van der Waals surface area contributed by atoms with Crippen LogP contribution in [0.25, 0.3) is 36.8 Å². The average Bonchev–Trinajstić information content (AvgIpc) is 3.73. The van der Waals surface area contributed by atoms with Gasteiger partial charge < -0.3 is 17.3 Å². The normalized spacial score (nSPS) is 15.1. The molecule has 0 amide bonds. The highest BCUT2D eigenvalue weighted by molar-refractivity contribution is 8.16. The Hall–Kier alpha value is -4.72. The largest absolute Gasteiger partial charge is 0.673 e. The lowest BCUT2D eigenvalue weighted by Crippen LogP contribution is -2.02. The zero-order valence-electron chi connectivity index (χ0n) is 31.8. The molecule has 0 atom stereocenters. The number of halogens is 4. The molecule has 296 valence electrons. The predicted octanol–water partition coefficient (Wildman–Crippen LogP) is 16.2. The maximum Gasteiger partial charge on any atom is 0.673 e. The van der Waals surface area contributed by atoms with Gasteiger partial charge in [0.05, 0.1) is 0 Å². The van der Waals surface area contributed by atoms with Crippen LogP contribution in [-0.4, -0.2) is 23.7 Å². The van der Waals surface area contributed by atoms with E-state index < -0.39 is 7.25 Å². The van der Waals surface area contributed by atoms with Crippen molar-refractivity contribution in [3.05, 3.63) is 202 Å². The Labute approximate surface area is 363 Å². The SMILES string of the molecule is CSc1nnc(SC2=C(/C=C/c3cc(-c4ccccc4)[s+]c(-c4ccccc4)c3)CCC/C2=C\C=C2C=C(c3ccccc3)SC(c3ccccc3)=C2)s1.F[B-](F)(F)F. The molecule has 0 bridgehead atoms. The van der Waals surface area contributed by atoms with E-state index in [4.69, 9.17) is 0 Å². The number of thioether (sulfide) groups is 3. The van der Waals surface area contributed by atoms with Crippen LogP contribution in [0.4, 0.5) is 17.3 Å². The summed E-state index contributed by atoms with van der Waals surface area (Å²) in [6.45, 7) is 0. The molecule has 59 heavy (non-hydrogen) atoms. The zero-order valence-corrected chi connectivity index (χ0v) is 35.9. The highest BCUT2D eigenvalue weighted by Crippen LogP contribution is 2.46. The van der Waals surface area contributed by atoms with Crippen molar-refractivity contribution in [3.63, 3.8) is 0 Å². The van der Waals surface area contributed by atoms with Gasteiger partial charge in [-0.05, 0) is 95.3 Å². The number of aromatic nitrogens is 2. The van der Waals surface area contributed by atoms with Crippen molar-refractivity contribution >= 4 is 81.1 Å². The van der Waals surface area contributed by atoms with Gasteiger partial charge in [-0.2, -0.15) is 0 Å². The maximum absolute atomic E-state index is 9.75. The molecule has 4 aromatic carbocycles. The molecule has 0 spiro atoms. The molecule has 0 saturated heterocycles. The Balaban J connectivity index is 0.000000997. The lowest BCUT2D eigenvalue weighted by Gasteiger charge is -2.21. The van der Waals surface area contributed by atoms with Crippen LogP contribution in [-0.2, 0) is 0 Å². The molecule has 2 aliphatic rings. The quantitative estimate of drug-likeness (QED) is 0.0591. The molecular formula is C47H37BF4N2S5. The summed E-state index contributed by atoms with van der Waals surface area (Å²) in [7, 11) is -6.00. The fraction of sp³-hybridized carbons (Fsp3) is 0.0851. The van der Waals surface area contributed by atoms with Crippen molar-refractivity contribution in [2.24, 2.45) is 0 Å². The van der Waals surface area contributed by atoms with Crippen LogP contribution in [0.1, 0.15) is 36.0 Å². The van der Waals surface area contributed by atoms with Gasteiger partial charge in [0.15, 0.2) is 8.68 Å². The van der Waals surface area contributed by atoms with Gasteiger partial charge in [-0.1, -0.05) is 168 Å². The molecule has 3 heterocycles. The summed E-state index contributed by atoms with van der Waals surface area (Å²) in [6, 6.07) is 47.5. The Bertz CT molecular complexity index is 2430. The molecule has 12 heteroatoms. The van der Waals surface area contributed by atoms with Crippen molar-refractivity contribution in [2.45, 2.75) is 27.9 Å². The fourth-order valence-electron chi connectivity index (χ4n) is 6.37. The lowest BCUT2D eigenvalue weighted by molar-refractivity contribution is 0.368. The van der Waals surface area contributed by atoms with E-state index in [0.717, 1.165) is 27.9 Å². The first-order valence-corrected chi connectivity index (χ1v) is 23.2. The maximum atomic E-state index is 9.75. The van der Waals surface area contributed by atoms with Crippen LogP contribution < -0.4 is 0 Å². The van der Waals surface area contributed by atoms with Crippen LogP contribution in [0.3, 0.4) is 0 Å². The lowest BCUT2D eigenvalue weighted by atomic mass is 9.93. The monoisotopic (exact) mass is 876 g/mol. The van der Waals surface area contributed by atoms with Crippen molar-refractivity contribution in [1.82, 2.24) is 10.2 Å². The minimum atomic E-state index is -6.00. The Morgan fingerprint density at radius 1 is 0.627 bits per heavy atom. The number of rotatable bonds is 10. The van der Waals surface area contributed by atoms with Gasteiger partial charge in [0, 0.05) is 38.0 Å². The Kier molecular flexibility index (Phi) is 14.7. The highest BCUT2D eigenvalue weighted by atomic mass is 32.2. The van der Waals surface area contributed by atoms with Gasteiger partial charge in [0.2, 0.25) is 21.1 Å². The summed E-state index contributed by atoms with van der Waals surface area (Å²) in [6.07, 6.45) is 19.1. The number of hydrogen-bond acceptors (Lipinski definition) is 6. The Morgan fingerprint density at radius 3 is 1.61 bits per heavy atom. The molecule has 6 aromatic rings. The molecule has 0 unspecified atom stereocenters. The summed E-state index contributed by atoms with van der Waals surface area (Å²) >= 11 is 8.75. The molecule has 1 aliphatic heterocycles. The molecule has 1 aliphatic carbocycles. The summed E-state index contributed by atoms with van der Waals surface area (Å²) < 4.78 is 41.0.